The summed E-state index contributed by atoms with van der Waals surface area (Å²) in [6, 6.07) is 7.33. The lowest BCUT2D eigenvalue weighted by atomic mass is 10.3. The average molecular weight is 271 g/mol. The van der Waals surface area contributed by atoms with Crippen LogP contribution in [0.15, 0.2) is 24.3 Å². The Morgan fingerprint density at radius 2 is 1.94 bits per heavy atom. The van der Waals surface area contributed by atoms with Gasteiger partial charge >= 0.3 is 0 Å². The van der Waals surface area contributed by atoms with E-state index in [0.29, 0.717) is 23.4 Å². The molecule has 0 bridgehead atoms. The zero-order valence-corrected chi connectivity index (χ0v) is 11.5. The van der Waals surface area contributed by atoms with Crippen LogP contribution in [0, 0.1) is 0 Å². The molecular weight excluding hydrogens is 252 g/mol. The van der Waals surface area contributed by atoms with E-state index in [0.717, 1.165) is 6.54 Å². The third-order valence-electron chi connectivity index (χ3n) is 2.18. The maximum Gasteiger partial charge on any atom is 0.257 e. The second kappa shape index (κ2) is 7.95. The van der Waals surface area contributed by atoms with E-state index in [9.17, 15) is 4.79 Å². The van der Waals surface area contributed by atoms with Gasteiger partial charge in [-0.25, -0.2) is 0 Å². The monoisotopic (exact) mass is 270 g/mol. The highest BCUT2D eigenvalue weighted by Crippen LogP contribution is 2.15. The lowest BCUT2D eigenvalue weighted by Crippen LogP contribution is -2.36. The van der Waals surface area contributed by atoms with Crippen LogP contribution >= 0.6 is 11.6 Å². The van der Waals surface area contributed by atoms with Crippen molar-refractivity contribution < 1.29 is 9.53 Å². The van der Waals surface area contributed by atoms with Gasteiger partial charge in [0.05, 0.1) is 0 Å². The van der Waals surface area contributed by atoms with Gasteiger partial charge in [0.2, 0.25) is 0 Å². The van der Waals surface area contributed by atoms with E-state index in [2.05, 4.69) is 24.5 Å². The Bertz CT molecular complexity index is 366. The quantitative estimate of drug-likeness (QED) is 0.744. The van der Waals surface area contributed by atoms with Crippen molar-refractivity contribution in [3.63, 3.8) is 0 Å². The molecule has 0 aliphatic carbocycles. The Kier molecular flexibility index (Phi) is 6.54. The summed E-state index contributed by atoms with van der Waals surface area (Å²) in [6.07, 6.45) is 0. The fraction of sp³-hybridized carbons (Fsp3) is 0.462. The van der Waals surface area contributed by atoms with Crippen LogP contribution < -0.4 is 15.4 Å². The minimum atomic E-state index is -0.129. The first-order valence-electron chi connectivity index (χ1n) is 5.96. The minimum absolute atomic E-state index is 0.0172. The van der Waals surface area contributed by atoms with Crippen molar-refractivity contribution in [3.8, 4) is 5.75 Å². The number of hydrogen-bond acceptors (Lipinski definition) is 3. The van der Waals surface area contributed by atoms with Crippen LogP contribution in [-0.2, 0) is 4.79 Å². The second-order valence-corrected chi connectivity index (χ2v) is 4.64. The molecule has 0 aliphatic rings. The van der Waals surface area contributed by atoms with Gasteiger partial charge in [0.1, 0.15) is 5.75 Å². The van der Waals surface area contributed by atoms with Crippen molar-refractivity contribution in [1.82, 2.24) is 10.6 Å². The molecule has 1 aromatic carbocycles. The van der Waals surface area contributed by atoms with Crippen molar-refractivity contribution in [3.05, 3.63) is 29.3 Å². The van der Waals surface area contributed by atoms with Crippen LogP contribution in [0.2, 0.25) is 5.02 Å². The molecule has 5 heteroatoms. The molecule has 18 heavy (non-hydrogen) atoms. The third-order valence-corrected chi connectivity index (χ3v) is 2.44. The molecule has 0 fully saturated rings. The summed E-state index contributed by atoms with van der Waals surface area (Å²) >= 11 is 5.74. The highest BCUT2D eigenvalue weighted by atomic mass is 35.5. The Morgan fingerprint density at radius 3 is 2.56 bits per heavy atom. The summed E-state index contributed by atoms with van der Waals surface area (Å²) in [5.74, 6) is 0.505. The molecule has 0 aromatic heterocycles. The Balaban J connectivity index is 2.15. The van der Waals surface area contributed by atoms with E-state index in [4.69, 9.17) is 16.3 Å². The molecule has 100 valence electrons. The van der Waals surface area contributed by atoms with Gasteiger partial charge in [-0.15, -0.1) is 0 Å². The number of nitrogens with one attached hydrogen (secondary N) is 2. The molecule has 0 spiro atoms. The van der Waals surface area contributed by atoms with Crippen LogP contribution in [0.25, 0.3) is 0 Å². The van der Waals surface area contributed by atoms with Crippen LogP contribution in [0.1, 0.15) is 13.8 Å². The summed E-state index contributed by atoms with van der Waals surface area (Å²) in [7, 11) is 0. The molecule has 0 saturated heterocycles. The number of amides is 1. The van der Waals surface area contributed by atoms with Gasteiger partial charge in [-0.2, -0.15) is 0 Å². The van der Waals surface area contributed by atoms with Crippen molar-refractivity contribution in [2.45, 2.75) is 19.9 Å². The van der Waals surface area contributed by atoms with E-state index in [-0.39, 0.29) is 12.5 Å². The molecule has 0 saturated carbocycles. The lowest BCUT2D eigenvalue weighted by Gasteiger charge is -2.10. The fourth-order valence-corrected chi connectivity index (χ4v) is 1.42. The number of carbonyl (C=O) groups excluding carboxylic acids is 1. The van der Waals surface area contributed by atoms with Gasteiger partial charge in [-0.3, -0.25) is 4.79 Å². The predicted molar refractivity (Wildman–Crippen MR) is 73.1 cm³/mol. The average Bonchev–Trinajstić information content (AvgIpc) is 2.34. The highest BCUT2D eigenvalue weighted by Gasteiger charge is 2.02. The molecule has 1 amide bonds. The molecule has 0 atom stereocenters. The van der Waals surface area contributed by atoms with Crippen LogP contribution in [-0.4, -0.2) is 31.6 Å². The first-order valence-corrected chi connectivity index (χ1v) is 6.34. The van der Waals surface area contributed by atoms with Gasteiger partial charge in [0.15, 0.2) is 6.61 Å². The van der Waals surface area contributed by atoms with Gasteiger partial charge in [0.25, 0.3) is 5.91 Å². The van der Waals surface area contributed by atoms with Crippen molar-refractivity contribution in [1.29, 1.82) is 0 Å². The van der Waals surface area contributed by atoms with E-state index in [1.165, 1.54) is 0 Å². The summed E-state index contributed by atoms with van der Waals surface area (Å²) in [6.45, 7) is 5.49. The zero-order valence-electron chi connectivity index (χ0n) is 10.7. The number of hydrogen-bond donors (Lipinski definition) is 2. The van der Waals surface area contributed by atoms with Crippen molar-refractivity contribution >= 4 is 17.5 Å². The number of benzene rings is 1. The molecule has 0 unspecified atom stereocenters. The predicted octanol–water partition coefficient (Wildman–Crippen LogP) is 1.83. The maximum atomic E-state index is 11.4. The topological polar surface area (TPSA) is 50.4 Å². The van der Waals surface area contributed by atoms with Gasteiger partial charge < -0.3 is 15.4 Å². The smallest absolute Gasteiger partial charge is 0.257 e. The second-order valence-electron chi connectivity index (χ2n) is 4.20. The molecule has 4 nitrogen and oxygen atoms in total. The molecule has 0 heterocycles. The van der Waals surface area contributed by atoms with Gasteiger partial charge in [0, 0.05) is 24.2 Å². The van der Waals surface area contributed by atoms with Crippen LogP contribution in [0.5, 0.6) is 5.75 Å². The Morgan fingerprint density at radius 1 is 1.28 bits per heavy atom. The molecular formula is C13H19ClN2O2. The number of ether oxygens (including phenoxy) is 1. The largest absolute Gasteiger partial charge is 0.484 e. The van der Waals surface area contributed by atoms with E-state index in [1.807, 2.05) is 0 Å². The lowest BCUT2D eigenvalue weighted by molar-refractivity contribution is -0.123. The van der Waals surface area contributed by atoms with Crippen LogP contribution in [0.4, 0.5) is 0 Å². The Labute approximate surface area is 113 Å². The van der Waals surface area contributed by atoms with E-state index in [1.54, 1.807) is 24.3 Å². The SMILES string of the molecule is CC(C)NCCNC(=O)COc1ccc(Cl)cc1. The van der Waals surface area contributed by atoms with Gasteiger partial charge in [-0.1, -0.05) is 25.4 Å². The highest BCUT2D eigenvalue weighted by molar-refractivity contribution is 6.30. The summed E-state index contributed by atoms with van der Waals surface area (Å²) in [5.41, 5.74) is 0. The normalized spacial score (nSPS) is 10.4. The third kappa shape index (κ3) is 6.47. The first-order chi connectivity index (χ1) is 8.58. The molecule has 1 aromatic rings. The zero-order chi connectivity index (χ0) is 13.4. The molecule has 1 rings (SSSR count). The van der Waals surface area contributed by atoms with E-state index < -0.39 is 0 Å². The van der Waals surface area contributed by atoms with Crippen molar-refractivity contribution in [2.75, 3.05) is 19.7 Å². The number of carbonyl (C=O) groups is 1. The summed E-state index contributed by atoms with van der Waals surface area (Å²) in [5, 5.41) is 6.62. The molecule has 0 aliphatic heterocycles. The van der Waals surface area contributed by atoms with Crippen molar-refractivity contribution in [2.24, 2.45) is 0 Å². The molecule has 2 N–H and O–H groups in total. The molecule has 0 radical (unpaired) electrons. The van der Waals surface area contributed by atoms with E-state index >= 15 is 0 Å². The Hall–Kier alpha value is -1.26. The first kappa shape index (κ1) is 14.8. The fourth-order valence-electron chi connectivity index (χ4n) is 1.29. The number of halogens is 1. The number of rotatable bonds is 7. The maximum absolute atomic E-state index is 11.4. The standard InChI is InChI=1S/C13H19ClN2O2/c1-10(2)15-7-8-16-13(17)9-18-12-5-3-11(14)4-6-12/h3-6,10,15H,7-9H2,1-2H3,(H,16,17). The minimum Gasteiger partial charge on any atom is -0.484 e. The summed E-state index contributed by atoms with van der Waals surface area (Å²) < 4.78 is 5.31. The summed E-state index contributed by atoms with van der Waals surface area (Å²) in [4.78, 5) is 11.4. The van der Waals surface area contributed by atoms with Gasteiger partial charge in [-0.05, 0) is 24.3 Å². The van der Waals surface area contributed by atoms with Crippen LogP contribution in [0.3, 0.4) is 0 Å².